The van der Waals surface area contributed by atoms with E-state index in [0.29, 0.717) is 5.56 Å². The maximum absolute atomic E-state index is 11.9. The van der Waals surface area contributed by atoms with E-state index in [1.807, 2.05) is 0 Å². The second kappa shape index (κ2) is 6.39. The predicted octanol–water partition coefficient (Wildman–Crippen LogP) is -0.0147. The first-order valence-electron chi connectivity index (χ1n) is 5.56. The Morgan fingerprint density at radius 1 is 1.16 bits per heavy atom. The fraction of sp³-hybridized carbons (Fsp3) is 0.250. The topological polar surface area (TPSA) is 122 Å². The SMILES string of the molecule is CC(NC(=O)C(NC(N)=O)c1ccccc1)C(=O)O. The molecule has 1 aromatic rings. The Labute approximate surface area is 109 Å². The third-order valence-electron chi connectivity index (χ3n) is 2.41. The van der Waals surface area contributed by atoms with Crippen molar-refractivity contribution in [2.75, 3.05) is 0 Å². The molecule has 0 heterocycles. The summed E-state index contributed by atoms with van der Waals surface area (Å²) in [6.45, 7) is 1.33. The molecular weight excluding hydrogens is 250 g/mol. The van der Waals surface area contributed by atoms with E-state index in [1.54, 1.807) is 30.3 Å². The zero-order valence-corrected chi connectivity index (χ0v) is 10.3. The number of carbonyl (C=O) groups excluding carboxylic acids is 2. The summed E-state index contributed by atoms with van der Waals surface area (Å²) in [7, 11) is 0. The van der Waals surface area contributed by atoms with E-state index in [4.69, 9.17) is 10.8 Å². The van der Waals surface area contributed by atoms with Gasteiger partial charge in [0.15, 0.2) is 0 Å². The Kier molecular flexibility index (Phi) is 4.87. The van der Waals surface area contributed by atoms with Crippen molar-refractivity contribution >= 4 is 17.9 Å². The minimum Gasteiger partial charge on any atom is -0.480 e. The van der Waals surface area contributed by atoms with Crippen LogP contribution >= 0.6 is 0 Å². The molecule has 0 saturated carbocycles. The van der Waals surface area contributed by atoms with Crippen LogP contribution in [0.5, 0.6) is 0 Å². The number of nitrogens with one attached hydrogen (secondary N) is 2. The van der Waals surface area contributed by atoms with Gasteiger partial charge in [0.2, 0.25) is 5.91 Å². The van der Waals surface area contributed by atoms with Crippen LogP contribution in [0.15, 0.2) is 30.3 Å². The van der Waals surface area contributed by atoms with E-state index in [1.165, 1.54) is 6.92 Å². The third-order valence-corrected chi connectivity index (χ3v) is 2.41. The maximum atomic E-state index is 11.9. The smallest absolute Gasteiger partial charge is 0.325 e. The molecule has 1 aromatic carbocycles. The molecule has 19 heavy (non-hydrogen) atoms. The van der Waals surface area contributed by atoms with Gasteiger partial charge in [-0.3, -0.25) is 9.59 Å². The molecule has 2 unspecified atom stereocenters. The van der Waals surface area contributed by atoms with E-state index >= 15 is 0 Å². The molecule has 7 nitrogen and oxygen atoms in total. The van der Waals surface area contributed by atoms with Crippen LogP contribution in [0.3, 0.4) is 0 Å². The van der Waals surface area contributed by atoms with Gasteiger partial charge < -0.3 is 21.5 Å². The summed E-state index contributed by atoms with van der Waals surface area (Å²) in [5, 5.41) is 13.3. The molecule has 2 atom stereocenters. The molecular formula is C12H15N3O4. The zero-order valence-electron chi connectivity index (χ0n) is 10.3. The van der Waals surface area contributed by atoms with E-state index in [0.717, 1.165) is 0 Å². The minimum atomic E-state index is -1.17. The number of aliphatic carboxylic acids is 1. The molecule has 0 spiro atoms. The standard InChI is InChI=1S/C12H15N3O4/c1-7(11(17)18)14-10(16)9(15-12(13)19)8-5-3-2-4-6-8/h2-7,9H,1H3,(H,14,16)(H,17,18)(H3,13,15,19). The van der Waals surface area contributed by atoms with Crippen LogP contribution < -0.4 is 16.4 Å². The van der Waals surface area contributed by atoms with Gasteiger partial charge in [0, 0.05) is 0 Å². The van der Waals surface area contributed by atoms with Gasteiger partial charge >= 0.3 is 12.0 Å². The molecule has 0 saturated heterocycles. The van der Waals surface area contributed by atoms with Gasteiger partial charge in [-0.25, -0.2) is 4.79 Å². The number of urea groups is 1. The van der Waals surface area contributed by atoms with Gasteiger partial charge in [0.05, 0.1) is 0 Å². The number of hydrogen-bond donors (Lipinski definition) is 4. The van der Waals surface area contributed by atoms with Crippen LogP contribution in [-0.4, -0.2) is 29.1 Å². The lowest BCUT2D eigenvalue weighted by atomic mass is 10.1. The number of amides is 3. The zero-order chi connectivity index (χ0) is 14.4. The van der Waals surface area contributed by atoms with Crippen LogP contribution in [0.4, 0.5) is 4.79 Å². The molecule has 0 aliphatic rings. The highest BCUT2D eigenvalue weighted by molar-refractivity contribution is 5.90. The van der Waals surface area contributed by atoms with E-state index < -0.39 is 30.0 Å². The average molecular weight is 265 g/mol. The number of carbonyl (C=O) groups is 3. The molecule has 3 amide bonds. The highest BCUT2D eigenvalue weighted by Gasteiger charge is 2.24. The van der Waals surface area contributed by atoms with Gasteiger partial charge in [0.25, 0.3) is 0 Å². The number of carboxylic acid groups (broad SMARTS) is 1. The Morgan fingerprint density at radius 2 is 1.74 bits per heavy atom. The summed E-state index contributed by atoms with van der Waals surface area (Å²) in [6, 6.07) is 5.44. The summed E-state index contributed by atoms with van der Waals surface area (Å²) in [4.78, 5) is 33.6. The second-order valence-electron chi connectivity index (χ2n) is 3.92. The fourth-order valence-corrected chi connectivity index (χ4v) is 1.45. The molecule has 1 rings (SSSR count). The molecule has 102 valence electrons. The number of hydrogen-bond acceptors (Lipinski definition) is 3. The quantitative estimate of drug-likeness (QED) is 0.598. The molecule has 0 aliphatic heterocycles. The normalized spacial score (nSPS) is 13.1. The van der Waals surface area contributed by atoms with E-state index in [-0.39, 0.29) is 0 Å². The van der Waals surface area contributed by atoms with Crippen molar-refractivity contribution in [2.45, 2.75) is 19.0 Å². The summed E-state index contributed by atoms with van der Waals surface area (Å²) in [5.41, 5.74) is 5.52. The van der Waals surface area contributed by atoms with E-state index in [2.05, 4.69) is 10.6 Å². The highest BCUT2D eigenvalue weighted by Crippen LogP contribution is 2.12. The molecule has 0 bridgehead atoms. The Morgan fingerprint density at radius 3 is 2.21 bits per heavy atom. The summed E-state index contributed by atoms with van der Waals surface area (Å²) < 4.78 is 0. The van der Waals surface area contributed by atoms with Crippen molar-refractivity contribution < 1.29 is 19.5 Å². The maximum Gasteiger partial charge on any atom is 0.325 e. The number of primary amides is 1. The second-order valence-corrected chi connectivity index (χ2v) is 3.92. The molecule has 0 radical (unpaired) electrons. The monoisotopic (exact) mass is 265 g/mol. The van der Waals surface area contributed by atoms with Crippen LogP contribution in [0.1, 0.15) is 18.5 Å². The lowest BCUT2D eigenvalue weighted by Crippen LogP contribution is -2.47. The molecule has 0 aliphatic carbocycles. The van der Waals surface area contributed by atoms with Crippen molar-refractivity contribution in [3.63, 3.8) is 0 Å². The lowest BCUT2D eigenvalue weighted by Gasteiger charge is -2.19. The van der Waals surface area contributed by atoms with Crippen LogP contribution in [-0.2, 0) is 9.59 Å². The minimum absolute atomic E-state index is 0.511. The number of carboxylic acids is 1. The van der Waals surface area contributed by atoms with Gasteiger partial charge in [-0.05, 0) is 12.5 Å². The van der Waals surface area contributed by atoms with Crippen molar-refractivity contribution in [1.82, 2.24) is 10.6 Å². The summed E-state index contributed by atoms with van der Waals surface area (Å²) in [5.74, 6) is -1.81. The molecule has 0 fully saturated rings. The van der Waals surface area contributed by atoms with Crippen molar-refractivity contribution in [3.8, 4) is 0 Å². The lowest BCUT2D eigenvalue weighted by molar-refractivity contribution is -0.141. The summed E-state index contributed by atoms with van der Waals surface area (Å²) in [6.07, 6.45) is 0. The van der Waals surface area contributed by atoms with Crippen LogP contribution in [0.25, 0.3) is 0 Å². The number of benzene rings is 1. The fourth-order valence-electron chi connectivity index (χ4n) is 1.45. The van der Waals surface area contributed by atoms with Crippen LogP contribution in [0, 0.1) is 0 Å². The Hall–Kier alpha value is -2.57. The number of rotatable bonds is 5. The predicted molar refractivity (Wildman–Crippen MR) is 67.1 cm³/mol. The average Bonchev–Trinajstić information content (AvgIpc) is 2.36. The first-order chi connectivity index (χ1) is 8.91. The first-order valence-corrected chi connectivity index (χ1v) is 5.56. The largest absolute Gasteiger partial charge is 0.480 e. The Bertz CT molecular complexity index is 475. The van der Waals surface area contributed by atoms with Crippen LogP contribution in [0.2, 0.25) is 0 Å². The Balaban J connectivity index is 2.89. The van der Waals surface area contributed by atoms with Gasteiger partial charge in [-0.15, -0.1) is 0 Å². The van der Waals surface area contributed by atoms with Gasteiger partial charge in [-0.1, -0.05) is 30.3 Å². The molecule has 5 N–H and O–H groups in total. The van der Waals surface area contributed by atoms with Gasteiger partial charge in [-0.2, -0.15) is 0 Å². The van der Waals surface area contributed by atoms with Crippen molar-refractivity contribution in [2.24, 2.45) is 5.73 Å². The van der Waals surface area contributed by atoms with Crippen molar-refractivity contribution in [1.29, 1.82) is 0 Å². The van der Waals surface area contributed by atoms with Gasteiger partial charge in [0.1, 0.15) is 12.1 Å². The first kappa shape index (κ1) is 14.5. The number of nitrogens with two attached hydrogens (primary N) is 1. The molecule has 0 aromatic heterocycles. The highest BCUT2D eigenvalue weighted by atomic mass is 16.4. The summed E-state index contributed by atoms with van der Waals surface area (Å²) >= 11 is 0. The molecule has 7 heteroatoms. The third kappa shape index (κ3) is 4.30. The van der Waals surface area contributed by atoms with Crippen molar-refractivity contribution in [3.05, 3.63) is 35.9 Å². The van der Waals surface area contributed by atoms with E-state index in [9.17, 15) is 14.4 Å².